The second-order valence-corrected chi connectivity index (χ2v) is 9.37. The van der Waals surface area contributed by atoms with Crippen molar-refractivity contribution < 1.29 is 13.6 Å². The number of allylic oxidation sites excluding steroid dienone is 1. The van der Waals surface area contributed by atoms with Crippen molar-refractivity contribution >= 4 is 12.6 Å². The van der Waals surface area contributed by atoms with Crippen molar-refractivity contribution in [2.45, 2.75) is 19.5 Å². The third kappa shape index (κ3) is 1.53. The molecule has 0 saturated heterocycles. The van der Waals surface area contributed by atoms with Gasteiger partial charge in [-0.25, -0.2) is 0 Å². The summed E-state index contributed by atoms with van der Waals surface area (Å²) in [7, 11) is -3.43. The summed E-state index contributed by atoms with van der Waals surface area (Å²) in [5.41, 5.74) is 1.25. The summed E-state index contributed by atoms with van der Waals surface area (Å²) < 4.78 is 18.9. The predicted molar refractivity (Wildman–Crippen MR) is 85.1 cm³/mol. The van der Waals surface area contributed by atoms with Gasteiger partial charge in [0.15, 0.2) is 0 Å². The van der Waals surface area contributed by atoms with E-state index in [1.807, 2.05) is 30.3 Å². The Balaban J connectivity index is 1.93. The predicted octanol–water partition coefficient (Wildman–Crippen LogP) is 4.32. The van der Waals surface area contributed by atoms with Crippen molar-refractivity contribution in [1.82, 2.24) is 0 Å². The number of benzene rings is 2. The zero-order valence-corrected chi connectivity index (χ0v) is 12.9. The molecule has 0 radical (unpaired) electrons. The second kappa shape index (κ2) is 4.02. The molecule has 2 aliphatic rings. The number of hydrogen-bond donors (Lipinski definition) is 0. The average Bonchev–Trinajstić information content (AvgIpc) is 3.00. The molecular formula is C17H17O3P. The molecule has 1 spiro atoms. The Morgan fingerprint density at radius 3 is 2.05 bits per heavy atom. The molecule has 3 nitrogen and oxygen atoms in total. The van der Waals surface area contributed by atoms with Crippen LogP contribution >= 0.6 is 7.28 Å². The van der Waals surface area contributed by atoms with E-state index in [0.717, 1.165) is 16.8 Å². The minimum absolute atomic E-state index is 0.0473. The van der Waals surface area contributed by atoms with Crippen molar-refractivity contribution in [2.24, 2.45) is 0 Å². The van der Waals surface area contributed by atoms with E-state index in [0.29, 0.717) is 0 Å². The van der Waals surface area contributed by atoms with Crippen LogP contribution in [0.2, 0.25) is 0 Å². The van der Waals surface area contributed by atoms with E-state index >= 15 is 0 Å². The molecular weight excluding hydrogens is 283 g/mol. The molecule has 108 valence electrons. The Morgan fingerprint density at radius 1 is 0.905 bits per heavy atom. The van der Waals surface area contributed by atoms with E-state index in [-0.39, 0.29) is 5.66 Å². The molecule has 21 heavy (non-hydrogen) atoms. The van der Waals surface area contributed by atoms with Gasteiger partial charge in [0.25, 0.3) is 0 Å². The van der Waals surface area contributed by atoms with Crippen molar-refractivity contribution in [3.8, 4) is 11.5 Å². The quantitative estimate of drug-likeness (QED) is 0.734. The third-order valence-corrected chi connectivity index (χ3v) is 8.62. The molecule has 2 aromatic rings. The Kier molecular flexibility index (Phi) is 2.44. The summed E-state index contributed by atoms with van der Waals surface area (Å²) in [5.74, 6) is 1.51. The van der Waals surface area contributed by atoms with Crippen LogP contribution in [-0.2, 0) is 4.52 Å². The fraction of sp³-hybridized carbons (Fsp3) is 0.176. The standard InChI is InChI=1S/C17H17O3P/c1-13-7-9-15(10-8-13)21(14(2)11-12-18-21)19-16-5-3-4-6-17(16)20-21/h3-12,14H,1-2H3. The normalized spacial score (nSPS) is 25.2. The number of aryl methyl sites for hydroxylation is 1. The van der Waals surface area contributed by atoms with Crippen LogP contribution in [0.25, 0.3) is 0 Å². The summed E-state index contributed by atoms with van der Waals surface area (Å²) >= 11 is 0. The minimum atomic E-state index is -3.43. The molecule has 4 heteroatoms. The maximum absolute atomic E-state index is 6.40. The van der Waals surface area contributed by atoms with Crippen molar-refractivity contribution in [3.05, 3.63) is 66.4 Å². The Morgan fingerprint density at radius 2 is 1.52 bits per heavy atom. The van der Waals surface area contributed by atoms with Gasteiger partial charge in [0.05, 0.1) is 0 Å². The molecule has 2 aliphatic heterocycles. The van der Waals surface area contributed by atoms with Gasteiger partial charge in [-0.1, -0.05) is 0 Å². The van der Waals surface area contributed by atoms with Gasteiger partial charge in [0.1, 0.15) is 0 Å². The van der Waals surface area contributed by atoms with E-state index in [4.69, 9.17) is 13.6 Å². The zero-order chi connectivity index (χ0) is 14.5. The van der Waals surface area contributed by atoms with Crippen LogP contribution in [0.15, 0.2) is 60.9 Å². The summed E-state index contributed by atoms with van der Waals surface area (Å²) in [5, 5.41) is 0.986. The van der Waals surface area contributed by atoms with Gasteiger partial charge in [0.2, 0.25) is 0 Å². The van der Waals surface area contributed by atoms with E-state index in [1.54, 1.807) is 6.26 Å². The summed E-state index contributed by atoms with van der Waals surface area (Å²) in [6.07, 6.45) is 3.73. The molecule has 2 aromatic carbocycles. The molecule has 0 fully saturated rings. The van der Waals surface area contributed by atoms with Gasteiger partial charge in [-0.05, 0) is 0 Å². The first-order chi connectivity index (χ1) is 10.1. The molecule has 4 rings (SSSR count). The molecule has 1 atom stereocenters. The van der Waals surface area contributed by atoms with Crippen LogP contribution in [-0.4, -0.2) is 5.66 Å². The van der Waals surface area contributed by atoms with Crippen LogP contribution in [0.1, 0.15) is 12.5 Å². The van der Waals surface area contributed by atoms with E-state index < -0.39 is 7.28 Å². The molecule has 0 aromatic heterocycles. The van der Waals surface area contributed by atoms with Crippen molar-refractivity contribution in [2.75, 3.05) is 0 Å². The van der Waals surface area contributed by atoms with Gasteiger partial charge in [0, 0.05) is 0 Å². The van der Waals surface area contributed by atoms with Crippen LogP contribution in [0.4, 0.5) is 0 Å². The van der Waals surface area contributed by atoms with Crippen LogP contribution in [0, 0.1) is 6.92 Å². The summed E-state index contributed by atoms with van der Waals surface area (Å²) in [6.45, 7) is 4.16. The molecule has 1 unspecified atom stereocenters. The first-order valence-electron chi connectivity index (χ1n) is 7.07. The zero-order valence-electron chi connectivity index (χ0n) is 12.0. The Labute approximate surface area is 124 Å². The van der Waals surface area contributed by atoms with Crippen LogP contribution < -0.4 is 14.4 Å². The molecule has 0 N–H and O–H groups in total. The Bertz CT molecular complexity index is 711. The van der Waals surface area contributed by atoms with Gasteiger partial charge in [-0.3, -0.25) is 0 Å². The second-order valence-electron chi connectivity index (χ2n) is 5.58. The molecule has 2 heterocycles. The van der Waals surface area contributed by atoms with Gasteiger partial charge >= 0.3 is 124 Å². The maximum atomic E-state index is 6.40. The number of para-hydroxylation sites is 2. The number of hydrogen-bond acceptors (Lipinski definition) is 3. The first-order valence-corrected chi connectivity index (χ1v) is 9.13. The molecule has 0 amide bonds. The fourth-order valence-electron chi connectivity index (χ4n) is 2.92. The molecule has 0 saturated carbocycles. The number of fused-ring (bicyclic) bond motifs is 1. The monoisotopic (exact) mass is 300 g/mol. The van der Waals surface area contributed by atoms with Crippen LogP contribution in [0.3, 0.4) is 0 Å². The van der Waals surface area contributed by atoms with E-state index in [1.165, 1.54) is 5.56 Å². The fourth-order valence-corrected chi connectivity index (χ4v) is 6.78. The SMILES string of the molecule is Cc1ccc(P23(OC=CC2C)Oc2ccccc2O3)cc1. The van der Waals surface area contributed by atoms with E-state index in [2.05, 4.69) is 38.1 Å². The topological polar surface area (TPSA) is 27.7 Å². The van der Waals surface area contributed by atoms with E-state index in [9.17, 15) is 0 Å². The van der Waals surface area contributed by atoms with Crippen molar-refractivity contribution in [1.29, 1.82) is 0 Å². The molecule has 0 aliphatic carbocycles. The van der Waals surface area contributed by atoms with Gasteiger partial charge in [-0.15, -0.1) is 0 Å². The summed E-state index contributed by atoms with van der Waals surface area (Å²) in [4.78, 5) is 0. The number of rotatable bonds is 1. The van der Waals surface area contributed by atoms with Crippen molar-refractivity contribution in [3.63, 3.8) is 0 Å². The summed E-state index contributed by atoms with van der Waals surface area (Å²) in [6, 6.07) is 16.0. The third-order valence-electron chi connectivity index (χ3n) is 4.21. The first kappa shape index (κ1) is 12.7. The average molecular weight is 300 g/mol. The van der Waals surface area contributed by atoms with Gasteiger partial charge in [-0.2, -0.15) is 0 Å². The van der Waals surface area contributed by atoms with Gasteiger partial charge < -0.3 is 0 Å². The van der Waals surface area contributed by atoms with Crippen LogP contribution in [0.5, 0.6) is 11.5 Å². The molecule has 0 bridgehead atoms. The Hall–Kier alpha value is -1.99.